The largest absolute Gasteiger partial charge is 0.419 e. The van der Waals surface area contributed by atoms with Gasteiger partial charge in [-0.2, -0.15) is 0 Å². The van der Waals surface area contributed by atoms with Crippen molar-refractivity contribution < 1.29 is 13.6 Å². The molecule has 0 fully saturated rings. The van der Waals surface area contributed by atoms with E-state index in [0.717, 1.165) is 16.0 Å². The predicted molar refractivity (Wildman–Crippen MR) is 84.3 cm³/mol. The molecule has 1 amide bonds. The zero-order chi connectivity index (χ0) is 16.2. The molecule has 0 atom stereocenters. The van der Waals surface area contributed by atoms with E-state index in [4.69, 9.17) is 4.42 Å². The van der Waals surface area contributed by atoms with Crippen LogP contribution in [0.15, 0.2) is 40.1 Å². The van der Waals surface area contributed by atoms with E-state index in [0.29, 0.717) is 12.4 Å². The molecule has 1 N–H and O–H groups in total. The van der Waals surface area contributed by atoms with E-state index >= 15 is 0 Å². The Morgan fingerprint density at radius 3 is 2.74 bits per heavy atom. The lowest BCUT2D eigenvalue weighted by Gasteiger charge is -2.03. The van der Waals surface area contributed by atoms with Crippen LogP contribution >= 0.6 is 11.3 Å². The zero-order valence-electron chi connectivity index (χ0n) is 12.4. The van der Waals surface area contributed by atoms with E-state index in [2.05, 4.69) is 15.5 Å². The van der Waals surface area contributed by atoms with Crippen LogP contribution in [0.25, 0.3) is 10.8 Å². The smallest absolute Gasteiger partial charge is 0.258 e. The van der Waals surface area contributed by atoms with Crippen LogP contribution in [0.4, 0.5) is 4.39 Å². The molecule has 0 radical (unpaired) electrons. The summed E-state index contributed by atoms with van der Waals surface area (Å²) in [4.78, 5) is 12.8. The maximum absolute atomic E-state index is 12.8. The first-order chi connectivity index (χ1) is 11.1. The quantitative estimate of drug-likeness (QED) is 0.780. The lowest BCUT2D eigenvalue weighted by Crippen LogP contribution is -2.24. The van der Waals surface area contributed by atoms with E-state index in [1.807, 2.05) is 18.4 Å². The zero-order valence-corrected chi connectivity index (χ0v) is 13.2. The Balaban J connectivity index is 1.57. The number of carbonyl (C=O) groups is 1. The summed E-state index contributed by atoms with van der Waals surface area (Å²) < 4.78 is 18.3. The van der Waals surface area contributed by atoms with E-state index in [9.17, 15) is 9.18 Å². The summed E-state index contributed by atoms with van der Waals surface area (Å²) in [6.07, 6.45) is 0.0125. The third-order valence-corrected chi connectivity index (χ3v) is 4.24. The van der Waals surface area contributed by atoms with Crippen LogP contribution in [-0.2, 0) is 17.8 Å². The summed E-state index contributed by atoms with van der Waals surface area (Å²) in [5, 5.41) is 12.6. The molecular formula is C16H14FN3O2S. The average molecular weight is 331 g/mol. The molecule has 2 heterocycles. The molecule has 0 aliphatic carbocycles. The van der Waals surface area contributed by atoms with Gasteiger partial charge in [0.1, 0.15) is 12.2 Å². The molecule has 0 saturated heterocycles. The first-order valence-corrected chi connectivity index (χ1v) is 7.88. The van der Waals surface area contributed by atoms with Crippen LogP contribution in [0.3, 0.4) is 0 Å². The van der Waals surface area contributed by atoms with Crippen molar-refractivity contribution in [3.8, 4) is 10.8 Å². The van der Waals surface area contributed by atoms with Crippen LogP contribution in [0, 0.1) is 12.7 Å². The molecule has 118 valence electrons. The van der Waals surface area contributed by atoms with Gasteiger partial charge in [-0.05, 0) is 41.6 Å². The van der Waals surface area contributed by atoms with Gasteiger partial charge in [0.15, 0.2) is 0 Å². The molecule has 2 aromatic heterocycles. The highest BCUT2D eigenvalue weighted by Crippen LogP contribution is 2.27. The van der Waals surface area contributed by atoms with Gasteiger partial charge in [0.2, 0.25) is 11.8 Å². The normalized spacial score (nSPS) is 10.7. The van der Waals surface area contributed by atoms with Gasteiger partial charge in [-0.1, -0.05) is 12.1 Å². The molecule has 0 saturated carbocycles. The van der Waals surface area contributed by atoms with Crippen LogP contribution in [0.5, 0.6) is 0 Å². The molecule has 0 bridgehead atoms. The molecule has 0 spiro atoms. The van der Waals surface area contributed by atoms with Crippen molar-refractivity contribution in [3.05, 3.63) is 58.5 Å². The number of carbonyl (C=O) groups excluding carboxylic acids is 1. The number of nitrogens with zero attached hydrogens (tertiary/aromatic N) is 2. The minimum Gasteiger partial charge on any atom is -0.419 e. The maximum atomic E-state index is 12.8. The minimum atomic E-state index is -0.303. The van der Waals surface area contributed by atoms with Gasteiger partial charge in [-0.25, -0.2) is 4.39 Å². The topological polar surface area (TPSA) is 68.0 Å². The predicted octanol–water partition coefficient (Wildman–Crippen LogP) is 3.10. The van der Waals surface area contributed by atoms with Gasteiger partial charge < -0.3 is 9.73 Å². The molecule has 1 aromatic carbocycles. The van der Waals surface area contributed by atoms with Crippen molar-refractivity contribution in [1.82, 2.24) is 15.5 Å². The molecule has 3 aromatic rings. The number of aromatic nitrogens is 2. The van der Waals surface area contributed by atoms with Crippen molar-refractivity contribution in [1.29, 1.82) is 0 Å². The third-order valence-electron chi connectivity index (χ3n) is 3.24. The number of aryl methyl sites for hydroxylation is 1. The van der Waals surface area contributed by atoms with Crippen molar-refractivity contribution in [3.63, 3.8) is 0 Å². The van der Waals surface area contributed by atoms with Crippen LogP contribution in [0.2, 0.25) is 0 Å². The second-order valence-electron chi connectivity index (χ2n) is 5.01. The maximum Gasteiger partial charge on any atom is 0.258 e. The number of benzene rings is 1. The molecular weight excluding hydrogens is 317 g/mol. The molecule has 0 unspecified atom stereocenters. The fraction of sp³-hybridized carbons (Fsp3) is 0.188. The van der Waals surface area contributed by atoms with Crippen LogP contribution in [0.1, 0.15) is 17.0 Å². The summed E-state index contributed by atoms with van der Waals surface area (Å²) in [5.41, 5.74) is 1.88. The average Bonchev–Trinajstić information content (AvgIpc) is 3.15. The summed E-state index contributed by atoms with van der Waals surface area (Å²) in [6, 6.07) is 7.93. The fourth-order valence-electron chi connectivity index (χ4n) is 2.01. The van der Waals surface area contributed by atoms with Crippen LogP contribution in [-0.4, -0.2) is 16.1 Å². The summed E-state index contributed by atoms with van der Waals surface area (Å²) in [7, 11) is 0. The minimum absolute atomic E-state index is 0.0125. The van der Waals surface area contributed by atoms with Gasteiger partial charge in [0.05, 0.1) is 4.88 Å². The molecule has 3 rings (SSSR count). The molecule has 5 nitrogen and oxygen atoms in total. The Morgan fingerprint density at radius 1 is 1.26 bits per heavy atom. The van der Waals surface area contributed by atoms with Crippen molar-refractivity contribution in [2.24, 2.45) is 0 Å². The molecule has 0 aliphatic rings. The third kappa shape index (κ3) is 3.81. The second kappa shape index (κ2) is 6.70. The highest BCUT2D eigenvalue weighted by atomic mass is 32.1. The van der Waals surface area contributed by atoms with Crippen molar-refractivity contribution in [2.45, 2.75) is 19.9 Å². The van der Waals surface area contributed by atoms with Gasteiger partial charge in [0.25, 0.3) is 5.89 Å². The fourth-order valence-corrected chi connectivity index (χ4v) is 2.86. The second-order valence-corrected chi connectivity index (χ2v) is 5.93. The van der Waals surface area contributed by atoms with Crippen LogP contribution < -0.4 is 5.32 Å². The Morgan fingerprint density at radius 2 is 2.04 bits per heavy atom. The van der Waals surface area contributed by atoms with E-state index in [1.54, 1.807) is 12.1 Å². The van der Waals surface area contributed by atoms with Gasteiger partial charge in [-0.15, -0.1) is 21.5 Å². The lowest BCUT2D eigenvalue weighted by molar-refractivity contribution is -0.120. The van der Waals surface area contributed by atoms with Gasteiger partial charge >= 0.3 is 0 Å². The number of hydrogen-bond acceptors (Lipinski definition) is 5. The summed E-state index contributed by atoms with van der Waals surface area (Å²) >= 11 is 1.52. The van der Waals surface area contributed by atoms with E-state index < -0.39 is 0 Å². The monoisotopic (exact) mass is 331 g/mol. The van der Waals surface area contributed by atoms with Gasteiger partial charge in [0, 0.05) is 6.54 Å². The number of thiophene rings is 1. The number of amides is 1. The molecule has 0 aliphatic heterocycles. The van der Waals surface area contributed by atoms with E-state index in [1.165, 1.54) is 23.5 Å². The standard InChI is InChI=1S/C16H14FN3O2S/c1-10-6-7-23-15(10)16-20-19-14(22-16)8-13(21)18-9-11-2-4-12(17)5-3-11/h2-7H,8-9H2,1H3,(H,18,21). The highest BCUT2D eigenvalue weighted by molar-refractivity contribution is 7.13. The highest BCUT2D eigenvalue weighted by Gasteiger charge is 2.14. The molecule has 7 heteroatoms. The molecule has 23 heavy (non-hydrogen) atoms. The summed E-state index contributed by atoms with van der Waals surface area (Å²) in [6.45, 7) is 2.29. The summed E-state index contributed by atoms with van der Waals surface area (Å²) in [5.74, 6) is 0.165. The number of rotatable bonds is 5. The number of nitrogens with one attached hydrogen (secondary N) is 1. The van der Waals surface area contributed by atoms with E-state index in [-0.39, 0.29) is 24.0 Å². The Hall–Kier alpha value is -2.54. The first kappa shape index (κ1) is 15.4. The SMILES string of the molecule is Cc1ccsc1-c1nnc(CC(=O)NCc2ccc(F)cc2)o1. The first-order valence-electron chi connectivity index (χ1n) is 7.00. The van der Waals surface area contributed by atoms with Gasteiger partial charge in [-0.3, -0.25) is 4.79 Å². The van der Waals surface area contributed by atoms with Crippen molar-refractivity contribution >= 4 is 17.2 Å². The number of halogens is 1. The van der Waals surface area contributed by atoms with Crippen molar-refractivity contribution in [2.75, 3.05) is 0 Å². The Kier molecular flexibility index (Phi) is 4.47. The lowest BCUT2D eigenvalue weighted by atomic mass is 10.2. The Bertz CT molecular complexity index is 811. The Labute approximate surface area is 136 Å². The number of hydrogen-bond donors (Lipinski definition) is 1.